The van der Waals surface area contributed by atoms with Crippen LogP contribution < -0.4 is 32.7 Å². The summed E-state index contributed by atoms with van der Waals surface area (Å²) in [6.45, 7) is -0.341. The molecule has 1 aliphatic heterocycles. The Bertz CT molecular complexity index is 1270. The van der Waals surface area contributed by atoms with Crippen molar-refractivity contribution in [2.45, 2.75) is 31.3 Å². The van der Waals surface area contributed by atoms with Gasteiger partial charge in [-0.05, 0) is 58.7 Å². The van der Waals surface area contributed by atoms with Crippen LogP contribution in [0, 0.1) is 0 Å². The van der Waals surface area contributed by atoms with Crippen molar-refractivity contribution in [3.05, 3.63) is 56.8 Å². The Labute approximate surface area is 225 Å². The van der Waals surface area contributed by atoms with Gasteiger partial charge in [-0.1, -0.05) is 5.73 Å². The molecule has 3 rings (SSSR count). The van der Waals surface area contributed by atoms with E-state index in [0.29, 0.717) is 16.2 Å². The van der Waals surface area contributed by atoms with Gasteiger partial charge in [-0.25, -0.2) is 0 Å². The number of carbonyl (C=O) groups excluding carboxylic acids is 4. The smallest absolute Gasteiger partial charge is 0.305 e. The summed E-state index contributed by atoms with van der Waals surface area (Å²) in [5, 5.41) is 19.2. The van der Waals surface area contributed by atoms with E-state index in [9.17, 15) is 29.1 Å². The van der Waals surface area contributed by atoms with Crippen molar-refractivity contribution in [1.82, 2.24) is 21.3 Å². The van der Waals surface area contributed by atoms with Crippen molar-refractivity contribution in [1.29, 1.82) is 0 Å². The third-order valence-corrected chi connectivity index (χ3v) is 7.54. The fourth-order valence-corrected chi connectivity index (χ4v) is 5.56. The van der Waals surface area contributed by atoms with Crippen molar-refractivity contribution < 1.29 is 29.1 Å². The number of amides is 4. The van der Waals surface area contributed by atoms with E-state index in [-0.39, 0.29) is 30.2 Å². The first kappa shape index (κ1) is 28.4. The molecule has 0 bridgehead atoms. The monoisotopic (exact) mass is 559 g/mol. The summed E-state index contributed by atoms with van der Waals surface area (Å²) in [5.74, 6) is -4.15. The minimum absolute atomic E-state index is 0.110. The highest BCUT2D eigenvalue weighted by molar-refractivity contribution is 8.79. The van der Waals surface area contributed by atoms with Crippen molar-refractivity contribution in [3.8, 4) is 0 Å². The molecule has 9 N–H and O–H groups in total. The number of nitrogens with one attached hydrogen (secondary N) is 4. The molecule has 2 aliphatic carbocycles. The molecule has 4 amide bonds. The van der Waals surface area contributed by atoms with Crippen LogP contribution in [-0.4, -0.2) is 65.8 Å². The summed E-state index contributed by atoms with van der Waals surface area (Å²) in [5.41, 5.74) is 17.1. The van der Waals surface area contributed by atoms with Crippen LogP contribution in [0.1, 0.15) is 19.3 Å². The highest BCUT2D eigenvalue weighted by atomic mass is 33.1. The second-order valence-electron chi connectivity index (χ2n) is 8.00. The number of carboxylic acids is 1. The molecular weight excluding hydrogens is 534 g/mol. The Morgan fingerprint density at radius 2 is 1.82 bits per heavy atom. The Hall–Kier alpha value is -4.16. The third kappa shape index (κ3) is 8.18. The van der Waals surface area contributed by atoms with Gasteiger partial charge in [-0.2, -0.15) is 0 Å². The van der Waals surface area contributed by atoms with Gasteiger partial charge in [0.2, 0.25) is 17.7 Å². The van der Waals surface area contributed by atoms with Gasteiger partial charge in [0.05, 0.1) is 34.0 Å². The number of aliphatic carboxylic acids is 1. The lowest BCUT2D eigenvalue weighted by molar-refractivity contribution is -0.140. The highest BCUT2D eigenvalue weighted by Gasteiger charge is 2.29. The number of guanidine groups is 1. The molecule has 0 aromatic carbocycles. The Morgan fingerprint density at radius 1 is 1.05 bits per heavy atom. The first-order valence-electron chi connectivity index (χ1n) is 11.3. The maximum absolute atomic E-state index is 13.1. The molecule has 13 nitrogen and oxygen atoms in total. The normalized spacial score (nSPS) is 21.8. The first-order valence-corrected chi connectivity index (χ1v) is 13.4. The molecule has 1 fully saturated rings. The number of nitrogens with two attached hydrogens (primary N) is 2. The van der Waals surface area contributed by atoms with Crippen LogP contribution in [0.25, 0.3) is 0 Å². The van der Waals surface area contributed by atoms with Gasteiger partial charge in [0, 0.05) is 6.54 Å². The summed E-state index contributed by atoms with van der Waals surface area (Å²) >= 11 is 0. The molecule has 2 atom stereocenters. The molecule has 0 aromatic rings. The largest absolute Gasteiger partial charge is 0.481 e. The van der Waals surface area contributed by atoms with Crippen molar-refractivity contribution in [2.24, 2.45) is 16.5 Å². The fourth-order valence-electron chi connectivity index (χ4n) is 3.35. The predicted molar refractivity (Wildman–Crippen MR) is 142 cm³/mol. The third-order valence-electron chi connectivity index (χ3n) is 5.15. The summed E-state index contributed by atoms with van der Waals surface area (Å²) < 4.78 is 0. The SMILES string of the molecule is NC(N)=NCCCC1NC(=O)C2=CC=C=C2SSC2=CC=C=C2NC(=O)C(CC(=O)O)NC(=O)CNC1=O. The zero-order valence-corrected chi connectivity index (χ0v) is 21.5. The average Bonchev–Trinajstić information content (AvgIpc) is 3.50. The molecule has 1 heterocycles. The Balaban J connectivity index is 1.83. The van der Waals surface area contributed by atoms with E-state index in [0.717, 1.165) is 0 Å². The molecule has 1 saturated heterocycles. The zero-order valence-electron chi connectivity index (χ0n) is 19.9. The van der Waals surface area contributed by atoms with Gasteiger partial charge in [0.15, 0.2) is 5.96 Å². The predicted octanol–water partition coefficient (Wildman–Crippen LogP) is -0.973. The number of carboxylic acid groups (broad SMARTS) is 1. The van der Waals surface area contributed by atoms with Crippen molar-refractivity contribution in [3.63, 3.8) is 0 Å². The number of nitrogens with zero attached hydrogens (tertiary/aromatic N) is 1. The molecule has 0 radical (unpaired) electrons. The van der Waals surface area contributed by atoms with Crippen LogP contribution >= 0.6 is 21.6 Å². The maximum atomic E-state index is 13.1. The lowest BCUT2D eigenvalue weighted by Gasteiger charge is -2.20. The van der Waals surface area contributed by atoms with Gasteiger partial charge in [0.25, 0.3) is 5.91 Å². The van der Waals surface area contributed by atoms with Crippen LogP contribution in [0.5, 0.6) is 0 Å². The lowest BCUT2D eigenvalue weighted by atomic mass is 10.1. The average molecular weight is 560 g/mol. The number of rotatable bonds is 6. The van der Waals surface area contributed by atoms with E-state index in [1.54, 1.807) is 24.3 Å². The number of fused-ring (bicyclic) bond motifs is 2. The number of hydrogen-bond donors (Lipinski definition) is 7. The molecule has 0 spiro atoms. The lowest BCUT2D eigenvalue weighted by Crippen LogP contribution is -2.52. The van der Waals surface area contributed by atoms with E-state index < -0.39 is 54.6 Å². The molecular formula is C23H25N7O6S2. The van der Waals surface area contributed by atoms with E-state index in [2.05, 4.69) is 37.7 Å². The molecule has 0 aromatic heterocycles. The van der Waals surface area contributed by atoms with Crippen LogP contribution in [0.3, 0.4) is 0 Å². The maximum Gasteiger partial charge on any atom is 0.305 e. The van der Waals surface area contributed by atoms with Gasteiger partial charge in [-0.3, -0.25) is 29.0 Å². The molecule has 38 heavy (non-hydrogen) atoms. The highest BCUT2D eigenvalue weighted by Crippen LogP contribution is 2.43. The van der Waals surface area contributed by atoms with Crippen LogP contribution in [0.4, 0.5) is 0 Å². The molecule has 200 valence electrons. The van der Waals surface area contributed by atoms with E-state index in [4.69, 9.17) is 11.5 Å². The summed E-state index contributed by atoms with van der Waals surface area (Å²) in [7, 11) is 2.42. The van der Waals surface area contributed by atoms with Crippen molar-refractivity contribution in [2.75, 3.05) is 13.1 Å². The molecule has 0 saturated carbocycles. The van der Waals surface area contributed by atoms with Crippen LogP contribution in [-0.2, 0) is 24.0 Å². The second kappa shape index (κ2) is 13.4. The zero-order chi connectivity index (χ0) is 27.7. The fraction of sp³-hybridized carbons (Fsp3) is 0.304. The summed E-state index contributed by atoms with van der Waals surface area (Å²) in [4.78, 5) is 67.5. The Kier molecular flexibility index (Phi) is 10.0. The Morgan fingerprint density at radius 3 is 2.55 bits per heavy atom. The van der Waals surface area contributed by atoms with Crippen LogP contribution in [0.15, 0.2) is 61.8 Å². The number of allylic oxidation sites excluding steroid dienone is 2. The minimum atomic E-state index is -1.41. The summed E-state index contributed by atoms with van der Waals surface area (Å²) in [6, 6.07) is -2.44. The summed E-state index contributed by atoms with van der Waals surface area (Å²) in [6.07, 6.45) is 6.23. The first-order chi connectivity index (χ1) is 18.1. The van der Waals surface area contributed by atoms with Gasteiger partial charge in [0.1, 0.15) is 12.1 Å². The second-order valence-corrected chi connectivity index (χ2v) is 10.2. The van der Waals surface area contributed by atoms with E-state index in [1.165, 1.54) is 21.6 Å². The number of hydrogen-bond acceptors (Lipinski definition) is 8. The molecule has 2 unspecified atom stereocenters. The topological polar surface area (TPSA) is 218 Å². The minimum Gasteiger partial charge on any atom is -0.481 e. The van der Waals surface area contributed by atoms with Gasteiger partial charge in [-0.15, -0.1) is 5.73 Å². The van der Waals surface area contributed by atoms with Gasteiger partial charge >= 0.3 is 5.97 Å². The standard InChI is InChI=1S/C23H25N7O6S2/c24-23(25)26-9-3-6-14-21(35)27-11-18(31)28-15(10-19(32)33)22(36)29-13-5-2-8-17(13)38-37-16-7-1-4-12(16)20(34)30-14/h1-2,4,8,14-15H,3,6,9-11H2,(H,27,35)(H,28,31)(H,29,36)(H,30,34)(H,32,33)(H4,24,25,26). The molecule has 15 heteroatoms. The van der Waals surface area contributed by atoms with E-state index >= 15 is 0 Å². The number of aliphatic imine (C=N–C) groups is 1. The van der Waals surface area contributed by atoms with Crippen LogP contribution in [0.2, 0.25) is 0 Å². The van der Waals surface area contributed by atoms with Gasteiger partial charge < -0.3 is 37.8 Å². The van der Waals surface area contributed by atoms with E-state index in [1.807, 2.05) is 0 Å². The number of carbonyl (C=O) groups is 5. The molecule has 3 aliphatic rings. The van der Waals surface area contributed by atoms with Crippen molar-refractivity contribution >= 4 is 57.1 Å². The quantitative estimate of drug-likeness (QED) is 0.0694.